The third kappa shape index (κ3) is 8.23. The number of hydrogen-bond acceptors (Lipinski definition) is 2. The van der Waals surface area contributed by atoms with Crippen LogP contribution in [0.15, 0.2) is 36.5 Å². The summed E-state index contributed by atoms with van der Waals surface area (Å²) in [6.07, 6.45) is 11.3. The normalized spacial score (nSPS) is 7.83. The number of nitrogens with two attached hydrogens (primary N) is 1. The molecule has 0 saturated carbocycles. The molecule has 0 unspecified atom stereocenters. The zero-order valence-electron chi connectivity index (χ0n) is 6.96. The molecule has 0 spiro atoms. The SMILES string of the molecule is C#C.C=C(C#N)/C=C\C(=C)CN. The van der Waals surface area contributed by atoms with Gasteiger partial charge in [-0.05, 0) is 11.6 Å². The largest absolute Gasteiger partial charge is 0.327 e. The summed E-state index contributed by atoms with van der Waals surface area (Å²) in [4.78, 5) is 0. The Kier molecular flexibility index (Phi) is 9.90. The Bertz CT molecular complexity index is 238. The first-order valence-electron chi connectivity index (χ1n) is 3.19. The van der Waals surface area contributed by atoms with E-state index in [2.05, 4.69) is 26.0 Å². The molecule has 0 aliphatic rings. The lowest BCUT2D eigenvalue weighted by Crippen LogP contribution is -1.98. The molecule has 0 aromatic carbocycles. The highest BCUT2D eigenvalue weighted by Gasteiger charge is 1.82. The minimum Gasteiger partial charge on any atom is -0.327 e. The Morgan fingerprint density at radius 3 is 2.25 bits per heavy atom. The minimum absolute atomic E-state index is 0.412. The van der Waals surface area contributed by atoms with E-state index < -0.39 is 0 Å². The van der Waals surface area contributed by atoms with E-state index in [1.54, 1.807) is 12.2 Å². The number of rotatable bonds is 3. The summed E-state index contributed by atoms with van der Waals surface area (Å²) in [7, 11) is 0. The number of allylic oxidation sites excluding steroid dienone is 2. The summed E-state index contributed by atoms with van der Waals surface area (Å²) in [5.41, 5.74) is 6.44. The number of terminal acetylenes is 1. The first kappa shape index (κ1) is 12.9. The summed E-state index contributed by atoms with van der Waals surface area (Å²) in [5.74, 6) is 0. The summed E-state index contributed by atoms with van der Waals surface area (Å²) >= 11 is 0. The van der Waals surface area contributed by atoms with Gasteiger partial charge in [0.05, 0.1) is 6.07 Å². The van der Waals surface area contributed by atoms with Gasteiger partial charge in [-0.1, -0.05) is 19.2 Å². The zero-order chi connectivity index (χ0) is 9.98. The van der Waals surface area contributed by atoms with Crippen LogP contribution < -0.4 is 5.73 Å². The van der Waals surface area contributed by atoms with Gasteiger partial charge in [0, 0.05) is 12.1 Å². The molecule has 62 valence electrons. The standard InChI is InChI=1S/C8H10N2.C2H2/c1-7(5-9)3-4-8(2)6-10;1-2/h3-4H,1-2,5,9H2;1-2H/b4-3-;. The van der Waals surface area contributed by atoms with Crippen molar-refractivity contribution in [3.63, 3.8) is 0 Å². The van der Waals surface area contributed by atoms with Gasteiger partial charge in [-0.3, -0.25) is 0 Å². The maximum atomic E-state index is 8.26. The maximum Gasteiger partial charge on any atom is 0.0985 e. The van der Waals surface area contributed by atoms with Gasteiger partial charge in [0.1, 0.15) is 0 Å². The van der Waals surface area contributed by atoms with Crippen molar-refractivity contribution < 1.29 is 0 Å². The number of nitrogens with zero attached hydrogens (tertiary/aromatic N) is 1. The molecule has 2 nitrogen and oxygen atoms in total. The van der Waals surface area contributed by atoms with E-state index in [0.29, 0.717) is 12.1 Å². The second-order valence-electron chi connectivity index (χ2n) is 1.83. The van der Waals surface area contributed by atoms with E-state index in [9.17, 15) is 0 Å². The Morgan fingerprint density at radius 1 is 1.42 bits per heavy atom. The van der Waals surface area contributed by atoms with Gasteiger partial charge in [-0.2, -0.15) is 5.26 Å². The molecule has 0 heterocycles. The first-order valence-corrected chi connectivity index (χ1v) is 3.19. The fourth-order valence-corrected chi connectivity index (χ4v) is 0.324. The molecular weight excluding hydrogens is 148 g/mol. The van der Waals surface area contributed by atoms with Crippen LogP contribution in [0.2, 0.25) is 0 Å². The van der Waals surface area contributed by atoms with E-state index in [-0.39, 0.29) is 0 Å². The van der Waals surface area contributed by atoms with Gasteiger partial charge in [0.25, 0.3) is 0 Å². The molecule has 2 N–H and O–H groups in total. The molecule has 0 saturated heterocycles. The third-order valence-corrected chi connectivity index (χ3v) is 0.926. The average Bonchev–Trinajstić information content (AvgIpc) is 2.16. The van der Waals surface area contributed by atoms with Crippen LogP contribution in [0.3, 0.4) is 0 Å². The molecule has 0 radical (unpaired) electrons. The fraction of sp³-hybridized carbons (Fsp3) is 0.100. The Hall–Kier alpha value is -1.77. The van der Waals surface area contributed by atoms with Crippen molar-refractivity contribution in [2.75, 3.05) is 6.54 Å². The highest BCUT2D eigenvalue weighted by molar-refractivity contribution is 5.33. The second kappa shape index (κ2) is 9.23. The molecule has 2 heteroatoms. The van der Waals surface area contributed by atoms with E-state index in [4.69, 9.17) is 11.0 Å². The summed E-state index contributed by atoms with van der Waals surface area (Å²) in [6, 6.07) is 1.88. The van der Waals surface area contributed by atoms with Crippen LogP contribution in [0.5, 0.6) is 0 Å². The molecule has 0 aromatic rings. The summed E-state index contributed by atoms with van der Waals surface area (Å²) < 4.78 is 0. The zero-order valence-corrected chi connectivity index (χ0v) is 6.96. The van der Waals surface area contributed by atoms with Gasteiger partial charge in [0.15, 0.2) is 0 Å². The van der Waals surface area contributed by atoms with E-state index in [0.717, 1.165) is 5.57 Å². The Labute approximate surface area is 73.7 Å². The van der Waals surface area contributed by atoms with Crippen LogP contribution in [0, 0.1) is 24.2 Å². The molecule has 0 aromatic heterocycles. The van der Waals surface area contributed by atoms with E-state index in [1.165, 1.54) is 0 Å². The molecular formula is C10H12N2. The van der Waals surface area contributed by atoms with Crippen molar-refractivity contribution in [3.05, 3.63) is 36.5 Å². The lowest BCUT2D eigenvalue weighted by molar-refractivity contribution is 1.20. The summed E-state index contributed by atoms with van der Waals surface area (Å²) in [6.45, 7) is 7.48. The molecule has 0 aliphatic heterocycles. The van der Waals surface area contributed by atoms with Crippen molar-refractivity contribution in [1.82, 2.24) is 0 Å². The average molecular weight is 160 g/mol. The van der Waals surface area contributed by atoms with Crippen LogP contribution in [0.1, 0.15) is 0 Å². The van der Waals surface area contributed by atoms with Crippen LogP contribution >= 0.6 is 0 Å². The van der Waals surface area contributed by atoms with Gasteiger partial charge >= 0.3 is 0 Å². The van der Waals surface area contributed by atoms with Crippen LogP contribution in [-0.4, -0.2) is 6.54 Å². The Morgan fingerprint density at radius 2 is 1.92 bits per heavy atom. The van der Waals surface area contributed by atoms with Crippen molar-refractivity contribution in [2.24, 2.45) is 5.73 Å². The highest BCUT2D eigenvalue weighted by Crippen LogP contribution is 1.94. The van der Waals surface area contributed by atoms with Crippen LogP contribution in [-0.2, 0) is 0 Å². The topological polar surface area (TPSA) is 49.8 Å². The number of hydrogen-bond donors (Lipinski definition) is 1. The predicted octanol–water partition coefficient (Wildman–Crippen LogP) is 1.39. The third-order valence-electron chi connectivity index (χ3n) is 0.926. The number of nitriles is 1. The second-order valence-corrected chi connectivity index (χ2v) is 1.83. The van der Waals surface area contributed by atoms with Gasteiger partial charge in [-0.25, -0.2) is 0 Å². The van der Waals surface area contributed by atoms with Crippen molar-refractivity contribution in [3.8, 4) is 18.9 Å². The smallest absolute Gasteiger partial charge is 0.0985 e. The van der Waals surface area contributed by atoms with Crippen molar-refractivity contribution in [2.45, 2.75) is 0 Å². The van der Waals surface area contributed by atoms with Crippen molar-refractivity contribution in [1.29, 1.82) is 5.26 Å². The quantitative estimate of drug-likeness (QED) is 0.385. The Balaban J connectivity index is 0. The molecule has 0 bridgehead atoms. The van der Waals surface area contributed by atoms with Gasteiger partial charge in [-0.15, -0.1) is 12.8 Å². The fourth-order valence-electron chi connectivity index (χ4n) is 0.324. The minimum atomic E-state index is 0.412. The highest BCUT2D eigenvalue weighted by atomic mass is 14.5. The van der Waals surface area contributed by atoms with Crippen molar-refractivity contribution >= 4 is 0 Å². The maximum absolute atomic E-state index is 8.26. The molecule has 12 heavy (non-hydrogen) atoms. The first-order chi connectivity index (χ1) is 5.70. The molecule has 0 atom stereocenters. The lowest BCUT2D eigenvalue weighted by atomic mass is 10.2. The van der Waals surface area contributed by atoms with Crippen LogP contribution in [0.4, 0.5) is 0 Å². The lowest BCUT2D eigenvalue weighted by Gasteiger charge is -1.89. The van der Waals surface area contributed by atoms with Gasteiger partial charge in [0.2, 0.25) is 0 Å². The van der Waals surface area contributed by atoms with Gasteiger partial charge < -0.3 is 5.73 Å². The molecule has 0 fully saturated rings. The van der Waals surface area contributed by atoms with E-state index >= 15 is 0 Å². The van der Waals surface area contributed by atoms with E-state index in [1.807, 2.05) is 6.07 Å². The molecule has 0 rings (SSSR count). The monoisotopic (exact) mass is 160 g/mol. The summed E-state index contributed by atoms with van der Waals surface area (Å²) in [5, 5.41) is 8.26. The van der Waals surface area contributed by atoms with Crippen LogP contribution in [0.25, 0.3) is 0 Å². The predicted molar refractivity (Wildman–Crippen MR) is 52.0 cm³/mol. The molecule has 0 amide bonds. The molecule has 0 aliphatic carbocycles.